The van der Waals surface area contributed by atoms with Gasteiger partial charge in [0.1, 0.15) is 5.69 Å². The quantitative estimate of drug-likeness (QED) is 0.734. The van der Waals surface area contributed by atoms with Gasteiger partial charge in [-0.2, -0.15) is 13.2 Å². The summed E-state index contributed by atoms with van der Waals surface area (Å²) < 4.78 is 42.1. The fraction of sp³-hybridized carbons (Fsp3) is 0.389. The largest absolute Gasteiger partial charge is 0.469 e. The summed E-state index contributed by atoms with van der Waals surface area (Å²) in [4.78, 5) is 30.8. The van der Waals surface area contributed by atoms with Gasteiger partial charge in [0.2, 0.25) is 0 Å². The van der Waals surface area contributed by atoms with Gasteiger partial charge in [-0.05, 0) is 18.6 Å². The third kappa shape index (κ3) is 3.96. The summed E-state index contributed by atoms with van der Waals surface area (Å²) in [5.41, 5.74) is 2.72. The highest BCUT2D eigenvalue weighted by molar-refractivity contribution is 6.00. The average molecular weight is 381 g/mol. The first-order valence-electron chi connectivity index (χ1n) is 8.23. The van der Waals surface area contributed by atoms with Crippen LogP contribution in [0.2, 0.25) is 0 Å². The highest BCUT2D eigenvalue weighted by Crippen LogP contribution is 2.28. The first-order valence-corrected chi connectivity index (χ1v) is 8.23. The van der Waals surface area contributed by atoms with Crippen LogP contribution in [0.1, 0.15) is 33.3 Å². The lowest BCUT2D eigenvalue weighted by atomic mass is 10.1. The molecule has 144 valence electrons. The summed E-state index contributed by atoms with van der Waals surface area (Å²) in [7, 11) is 1.64. The maximum Gasteiger partial charge on any atom is 0.422 e. The Kier molecular flexibility index (Phi) is 4.95. The molecule has 9 heteroatoms. The highest BCUT2D eigenvalue weighted by atomic mass is 19.4. The van der Waals surface area contributed by atoms with Crippen LogP contribution in [-0.2, 0) is 11.3 Å². The van der Waals surface area contributed by atoms with Crippen molar-refractivity contribution >= 4 is 12.2 Å². The maximum atomic E-state index is 12.6. The average Bonchev–Trinajstić information content (AvgIpc) is 2.89. The van der Waals surface area contributed by atoms with Gasteiger partial charge in [-0.3, -0.25) is 14.6 Å². The van der Waals surface area contributed by atoms with Gasteiger partial charge in [-0.15, -0.1) is 0 Å². The van der Waals surface area contributed by atoms with Crippen molar-refractivity contribution < 1.29 is 27.5 Å². The summed E-state index contributed by atoms with van der Waals surface area (Å²) in [6, 6.07) is 1.58. The Morgan fingerprint density at radius 2 is 2.07 bits per heavy atom. The minimum Gasteiger partial charge on any atom is -0.469 e. The number of halogens is 3. The van der Waals surface area contributed by atoms with Crippen LogP contribution < -0.4 is 0 Å². The first-order chi connectivity index (χ1) is 12.7. The van der Waals surface area contributed by atoms with Crippen LogP contribution in [0.4, 0.5) is 13.2 Å². The molecule has 0 spiro atoms. The second-order valence-electron chi connectivity index (χ2n) is 6.55. The summed E-state index contributed by atoms with van der Waals surface area (Å²) in [5.74, 6) is -0.0284. The van der Waals surface area contributed by atoms with Crippen LogP contribution >= 0.6 is 0 Å². The van der Waals surface area contributed by atoms with Crippen molar-refractivity contribution in [2.75, 3.05) is 26.7 Å². The van der Waals surface area contributed by atoms with Crippen molar-refractivity contribution in [1.29, 1.82) is 0 Å². The molecular formula is C18H18F3N3O3. The maximum absolute atomic E-state index is 12.6. The summed E-state index contributed by atoms with van der Waals surface area (Å²) in [6.07, 6.45) is -0.619. The number of hydrogen-bond donors (Lipinski definition) is 0. The number of nitrogens with zero attached hydrogens (tertiary/aromatic N) is 3. The molecule has 0 unspecified atom stereocenters. The first kappa shape index (κ1) is 18.9. The number of likely N-dealkylation sites (N-methyl/N-ethyl adjacent to an activating group) is 1. The fourth-order valence-corrected chi connectivity index (χ4v) is 3.34. The number of aldehydes is 1. The molecule has 3 heterocycles. The Morgan fingerprint density at radius 3 is 2.70 bits per heavy atom. The molecule has 0 saturated carbocycles. The van der Waals surface area contributed by atoms with Crippen molar-refractivity contribution in [2.24, 2.45) is 0 Å². The lowest BCUT2D eigenvalue weighted by molar-refractivity contribution is -0.169. The number of ether oxygens (including phenoxy) is 1. The number of allylic oxidation sites excluding steroid dienone is 2. The number of carbonyl (C=O) groups is 2. The highest BCUT2D eigenvalue weighted by Gasteiger charge is 2.32. The fourth-order valence-electron chi connectivity index (χ4n) is 3.34. The number of amides is 1. The van der Waals surface area contributed by atoms with Gasteiger partial charge in [0.25, 0.3) is 5.91 Å². The normalized spacial score (nSPS) is 17.2. The zero-order chi connectivity index (χ0) is 19.8. The lowest BCUT2D eigenvalue weighted by Gasteiger charge is -2.31. The lowest BCUT2D eigenvalue weighted by Crippen LogP contribution is -2.34. The number of alkyl halides is 3. The molecular weight excluding hydrogens is 363 g/mol. The van der Waals surface area contributed by atoms with E-state index in [1.807, 2.05) is 0 Å². The molecule has 27 heavy (non-hydrogen) atoms. The molecule has 1 aromatic rings. The molecule has 2 aliphatic heterocycles. The van der Waals surface area contributed by atoms with E-state index < -0.39 is 12.8 Å². The van der Waals surface area contributed by atoms with Crippen LogP contribution in [-0.4, -0.2) is 59.9 Å². The molecule has 0 atom stereocenters. The van der Waals surface area contributed by atoms with E-state index in [9.17, 15) is 22.8 Å². The SMILES string of the molecule is CC1=C(OCC(F)(F)F)N(C)CC(CN2Cc3c(ccnc3C=O)C2=O)=C1. The third-order valence-corrected chi connectivity index (χ3v) is 4.38. The van der Waals surface area contributed by atoms with Gasteiger partial charge in [0.15, 0.2) is 18.8 Å². The van der Waals surface area contributed by atoms with E-state index in [1.54, 1.807) is 35.9 Å². The van der Waals surface area contributed by atoms with E-state index in [0.29, 0.717) is 36.1 Å². The molecule has 0 radical (unpaired) electrons. The minimum atomic E-state index is -4.41. The summed E-state index contributed by atoms with van der Waals surface area (Å²) >= 11 is 0. The molecule has 0 aromatic carbocycles. The van der Waals surface area contributed by atoms with Crippen molar-refractivity contribution in [2.45, 2.75) is 19.6 Å². The van der Waals surface area contributed by atoms with E-state index in [-0.39, 0.29) is 24.0 Å². The molecule has 2 aliphatic rings. The Balaban J connectivity index is 1.75. The molecule has 0 N–H and O–H groups in total. The minimum absolute atomic E-state index is 0.166. The van der Waals surface area contributed by atoms with E-state index in [0.717, 1.165) is 5.57 Å². The Labute approximate surface area is 153 Å². The predicted octanol–water partition coefficient (Wildman–Crippen LogP) is 2.53. The van der Waals surface area contributed by atoms with Crippen molar-refractivity contribution in [1.82, 2.24) is 14.8 Å². The van der Waals surface area contributed by atoms with E-state index >= 15 is 0 Å². The summed E-state index contributed by atoms with van der Waals surface area (Å²) in [6.45, 7) is 1.23. The third-order valence-electron chi connectivity index (χ3n) is 4.38. The standard InChI is InChI=1S/C18H18F3N3O3/c1-11-5-12(6-23(2)17(11)27-10-18(19,20)21)7-24-8-14-13(16(24)26)3-4-22-15(14)9-25/h3-5,9H,6-8,10H2,1-2H3. The molecule has 3 rings (SSSR count). The van der Waals surface area contributed by atoms with Crippen LogP contribution in [0, 0.1) is 0 Å². The molecule has 0 aliphatic carbocycles. The smallest absolute Gasteiger partial charge is 0.422 e. The van der Waals surface area contributed by atoms with Gasteiger partial charge in [0, 0.05) is 49.6 Å². The second kappa shape index (κ2) is 7.05. The topological polar surface area (TPSA) is 62.7 Å². The molecule has 6 nitrogen and oxygen atoms in total. The zero-order valence-electron chi connectivity index (χ0n) is 14.8. The van der Waals surface area contributed by atoms with Gasteiger partial charge < -0.3 is 14.5 Å². The molecule has 0 bridgehead atoms. The van der Waals surface area contributed by atoms with Crippen LogP contribution in [0.25, 0.3) is 0 Å². The van der Waals surface area contributed by atoms with Crippen molar-refractivity contribution in [3.05, 3.63) is 52.2 Å². The number of hydrogen-bond acceptors (Lipinski definition) is 5. The monoisotopic (exact) mass is 381 g/mol. The molecule has 0 saturated heterocycles. The van der Waals surface area contributed by atoms with Crippen molar-refractivity contribution in [3.63, 3.8) is 0 Å². The predicted molar refractivity (Wildman–Crippen MR) is 89.8 cm³/mol. The number of carbonyl (C=O) groups excluding carboxylic acids is 2. The van der Waals surface area contributed by atoms with Crippen molar-refractivity contribution in [3.8, 4) is 0 Å². The number of aromatic nitrogens is 1. The number of rotatable bonds is 5. The van der Waals surface area contributed by atoms with Crippen LogP contribution in [0.15, 0.2) is 35.4 Å². The zero-order valence-corrected chi connectivity index (χ0v) is 14.8. The van der Waals surface area contributed by atoms with Gasteiger partial charge >= 0.3 is 6.18 Å². The van der Waals surface area contributed by atoms with Gasteiger partial charge in [0.05, 0.1) is 0 Å². The molecule has 0 fully saturated rings. The number of fused-ring (bicyclic) bond motifs is 1. The second-order valence-corrected chi connectivity index (χ2v) is 6.55. The Hall–Kier alpha value is -2.84. The van der Waals surface area contributed by atoms with Gasteiger partial charge in [-0.25, -0.2) is 0 Å². The van der Waals surface area contributed by atoms with Crippen LogP contribution in [0.3, 0.4) is 0 Å². The van der Waals surface area contributed by atoms with Crippen LogP contribution in [0.5, 0.6) is 0 Å². The van der Waals surface area contributed by atoms with Gasteiger partial charge in [-0.1, -0.05) is 6.08 Å². The van der Waals surface area contributed by atoms with E-state index in [2.05, 4.69) is 4.98 Å². The Bertz CT molecular complexity index is 846. The Morgan fingerprint density at radius 1 is 1.33 bits per heavy atom. The molecule has 1 amide bonds. The van der Waals surface area contributed by atoms with E-state index in [1.165, 1.54) is 6.20 Å². The molecule has 1 aromatic heterocycles. The number of pyridine rings is 1. The van der Waals surface area contributed by atoms with E-state index in [4.69, 9.17) is 4.74 Å². The summed E-state index contributed by atoms with van der Waals surface area (Å²) in [5, 5.41) is 0.